The fourth-order valence-corrected chi connectivity index (χ4v) is 2.79. The largest absolute Gasteiger partial charge is 0.465 e. The molecule has 0 amide bonds. The normalized spacial score (nSPS) is 23.5. The number of likely N-dealkylation sites (tertiary alicyclic amines) is 1. The maximum absolute atomic E-state index is 13.7. The number of piperidine rings is 1. The zero-order chi connectivity index (χ0) is 15.5. The minimum Gasteiger partial charge on any atom is -0.465 e. The van der Waals surface area contributed by atoms with Crippen LogP contribution in [0.5, 0.6) is 0 Å². The van der Waals surface area contributed by atoms with Gasteiger partial charge < -0.3 is 4.74 Å². The molecule has 21 heavy (non-hydrogen) atoms. The van der Waals surface area contributed by atoms with Crippen LogP contribution in [0.1, 0.15) is 38.3 Å². The molecule has 1 aromatic rings. The Morgan fingerprint density at radius 3 is 2.71 bits per heavy atom. The molecule has 1 heterocycles. The van der Waals surface area contributed by atoms with Gasteiger partial charge in [-0.15, -0.1) is 0 Å². The molecule has 2 rings (SSSR count). The number of carbonyl (C=O) groups excluding carboxylic acids is 1. The molecular formula is C16H21F2NO2. The van der Waals surface area contributed by atoms with Crippen LogP contribution >= 0.6 is 0 Å². The van der Waals surface area contributed by atoms with Crippen molar-refractivity contribution < 1.29 is 18.3 Å². The molecule has 1 fully saturated rings. The molecule has 1 aliphatic heterocycles. The van der Waals surface area contributed by atoms with Gasteiger partial charge in [-0.25, -0.2) is 8.78 Å². The van der Waals surface area contributed by atoms with E-state index in [2.05, 4.69) is 0 Å². The van der Waals surface area contributed by atoms with Crippen molar-refractivity contribution in [3.05, 3.63) is 35.9 Å². The zero-order valence-corrected chi connectivity index (χ0v) is 12.4. The standard InChI is InChI=1S/C16H21F2NO2/c1-3-21-15(20)14-11-16(17,18)9-10-19(14)12(2)13-7-5-4-6-8-13/h4-8,12,14H,3,9-11H2,1-2H3/t12-,14+/m1/s1. The predicted molar refractivity (Wildman–Crippen MR) is 76.2 cm³/mol. The number of alkyl halides is 2. The summed E-state index contributed by atoms with van der Waals surface area (Å²) >= 11 is 0. The first-order chi connectivity index (χ1) is 9.94. The second-order valence-corrected chi connectivity index (χ2v) is 5.40. The summed E-state index contributed by atoms with van der Waals surface area (Å²) in [6.07, 6.45) is -0.691. The van der Waals surface area contributed by atoms with Crippen LogP contribution in [0.3, 0.4) is 0 Å². The van der Waals surface area contributed by atoms with Crippen molar-refractivity contribution in [2.24, 2.45) is 0 Å². The highest BCUT2D eigenvalue weighted by Crippen LogP contribution is 2.36. The molecule has 0 N–H and O–H groups in total. The van der Waals surface area contributed by atoms with Crippen molar-refractivity contribution in [3.8, 4) is 0 Å². The molecule has 1 saturated heterocycles. The quantitative estimate of drug-likeness (QED) is 0.798. The molecule has 116 valence electrons. The number of nitrogens with zero attached hydrogens (tertiary/aromatic N) is 1. The Kier molecular flexibility index (Phi) is 4.93. The molecule has 0 spiro atoms. The number of halogens is 2. The Bertz CT molecular complexity index is 478. The monoisotopic (exact) mass is 297 g/mol. The highest BCUT2D eigenvalue weighted by Gasteiger charge is 2.45. The van der Waals surface area contributed by atoms with E-state index in [1.807, 2.05) is 42.2 Å². The predicted octanol–water partition coefficient (Wildman–Crippen LogP) is 3.41. The molecule has 0 radical (unpaired) electrons. The molecule has 0 saturated carbocycles. The summed E-state index contributed by atoms with van der Waals surface area (Å²) in [4.78, 5) is 13.9. The molecule has 1 aliphatic rings. The highest BCUT2D eigenvalue weighted by molar-refractivity contribution is 5.76. The maximum atomic E-state index is 13.7. The first kappa shape index (κ1) is 15.9. The van der Waals surface area contributed by atoms with Gasteiger partial charge in [0.05, 0.1) is 6.61 Å². The van der Waals surface area contributed by atoms with Gasteiger partial charge in [0.2, 0.25) is 0 Å². The minimum absolute atomic E-state index is 0.100. The number of benzene rings is 1. The summed E-state index contributed by atoms with van der Waals surface area (Å²) in [7, 11) is 0. The first-order valence-corrected chi connectivity index (χ1v) is 7.30. The van der Waals surface area contributed by atoms with Crippen LogP contribution in [0, 0.1) is 0 Å². The van der Waals surface area contributed by atoms with Gasteiger partial charge in [-0.3, -0.25) is 9.69 Å². The Labute approximate surface area is 123 Å². The summed E-state index contributed by atoms with van der Waals surface area (Å²) in [5, 5.41) is 0. The van der Waals surface area contributed by atoms with E-state index in [1.54, 1.807) is 6.92 Å². The van der Waals surface area contributed by atoms with Crippen molar-refractivity contribution in [1.29, 1.82) is 0 Å². The van der Waals surface area contributed by atoms with E-state index in [1.165, 1.54) is 0 Å². The number of hydrogen-bond acceptors (Lipinski definition) is 3. The SMILES string of the molecule is CCOC(=O)[C@@H]1CC(F)(F)CCN1[C@H](C)c1ccccc1. The van der Waals surface area contributed by atoms with Gasteiger partial charge in [-0.2, -0.15) is 0 Å². The average Bonchev–Trinajstić information content (AvgIpc) is 2.47. The summed E-state index contributed by atoms with van der Waals surface area (Å²) in [5.74, 6) is -3.36. The summed E-state index contributed by atoms with van der Waals surface area (Å²) in [6, 6.07) is 8.62. The molecule has 2 atom stereocenters. The molecule has 1 aromatic carbocycles. The number of carbonyl (C=O) groups is 1. The summed E-state index contributed by atoms with van der Waals surface area (Å²) in [5.41, 5.74) is 1.01. The van der Waals surface area contributed by atoms with Gasteiger partial charge in [0, 0.05) is 25.4 Å². The van der Waals surface area contributed by atoms with Gasteiger partial charge in [-0.05, 0) is 19.4 Å². The van der Waals surface area contributed by atoms with Gasteiger partial charge in [-0.1, -0.05) is 30.3 Å². The van der Waals surface area contributed by atoms with Crippen molar-refractivity contribution in [2.45, 2.75) is 44.7 Å². The Hall–Kier alpha value is -1.49. The third-order valence-corrected chi connectivity index (χ3v) is 3.97. The van der Waals surface area contributed by atoms with E-state index in [-0.39, 0.29) is 25.6 Å². The number of esters is 1. The zero-order valence-electron chi connectivity index (χ0n) is 12.4. The lowest BCUT2D eigenvalue weighted by atomic mass is 9.94. The van der Waals surface area contributed by atoms with Crippen LogP contribution in [-0.4, -0.2) is 36.0 Å². The fraction of sp³-hybridized carbons (Fsp3) is 0.562. The Morgan fingerprint density at radius 2 is 2.10 bits per heavy atom. The van der Waals surface area contributed by atoms with Crippen LogP contribution in [0.25, 0.3) is 0 Å². The third kappa shape index (κ3) is 3.79. The topological polar surface area (TPSA) is 29.5 Å². The average molecular weight is 297 g/mol. The van der Waals surface area contributed by atoms with Gasteiger partial charge >= 0.3 is 5.97 Å². The van der Waals surface area contributed by atoms with Gasteiger partial charge in [0.15, 0.2) is 0 Å². The second-order valence-electron chi connectivity index (χ2n) is 5.40. The van der Waals surface area contributed by atoms with E-state index in [0.717, 1.165) is 5.56 Å². The van der Waals surface area contributed by atoms with E-state index in [0.29, 0.717) is 0 Å². The van der Waals surface area contributed by atoms with Crippen molar-refractivity contribution in [2.75, 3.05) is 13.2 Å². The maximum Gasteiger partial charge on any atom is 0.323 e. The fourth-order valence-electron chi connectivity index (χ4n) is 2.79. The van der Waals surface area contributed by atoms with Crippen molar-refractivity contribution in [3.63, 3.8) is 0 Å². The van der Waals surface area contributed by atoms with Crippen LogP contribution in [-0.2, 0) is 9.53 Å². The number of rotatable bonds is 4. The molecule has 5 heteroatoms. The van der Waals surface area contributed by atoms with E-state index >= 15 is 0 Å². The second kappa shape index (κ2) is 6.52. The van der Waals surface area contributed by atoms with Crippen LogP contribution in [0.4, 0.5) is 8.78 Å². The van der Waals surface area contributed by atoms with Crippen molar-refractivity contribution >= 4 is 5.97 Å². The smallest absolute Gasteiger partial charge is 0.323 e. The lowest BCUT2D eigenvalue weighted by Gasteiger charge is -2.41. The molecule has 0 aromatic heterocycles. The van der Waals surface area contributed by atoms with Crippen molar-refractivity contribution in [1.82, 2.24) is 4.90 Å². The highest BCUT2D eigenvalue weighted by atomic mass is 19.3. The lowest BCUT2D eigenvalue weighted by Crippen LogP contribution is -2.52. The van der Waals surface area contributed by atoms with Gasteiger partial charge in [0.25, 0.3) is 5.92 Å². The van der Waals surface area contributed by atoms with E-state index in [9.17, 15) is 13.6 Å². The lowest BCUT2D eigenvalue weighted by molar-refractivity contribution is -0.161. The molecule has 0 unspecified atom stereocenters. The summed E-state index contributed by atoms with van der Waals surface area (Å²) < 4.78 is 32.3. The van der Waals surface area contributed by atoms with Gasteiger partial charge in [0.1, 0.15) is 6.04 Å². The minimum atomic E-state index is -2.80. The van der Waals surface area contributed by atoms with Crippen LogP contribution < -0.4 is 0 Å². The first-order valence-electron chi connectivity index (χ1n) is 7.30. The molecule has 0 bridgehead atoms. The molecular weight excluding hydrogens is 276 g/mol. The Morgan fingerprint density at radius 1 is 1.43 bits per heavy atom. The number of ether oxygens (including phenoxy) is 1. The molecule has 0 aliphatic carbocycles. The van der Waals surface area contributed by atoms with E-state index < -0.39 is 24.4 Å². The van der Waals surface area contributed by atoms with Crippen LogP contribution in [0.15, 0.2) is 30.3 Å². The third-order valence-electron chi connectivity index (χ3n) is 3.97. The molecule has 3 nitrogen and oxygen atoms in total. The Balaban J connectivity index is 2.20. The number of hydrogen-bond donors (Lipinski definition) is 0. The summed E-state index contributed by atoms with van der Waals surface area (Å²) in [6.45, 7) is 4.01. The van der Waals surface area contributed by atoms with E-state index in [4.69, 9.17) is 4.74 Å². The van der Waals surface area contributed by atoms with Crippen LogP contribution in [0.2, 0.25) is 0 Å².